The van der Waals surface area contributed by atoms with Crippen LogP contribution in [0.5, 0.6) is 11.5 Å². The predicted octanol–water partition coefficient (Wildman–Crippen LogP) is 1.45. The molecule has 0 fully saturated rings. The van der Waals surface area contributed by atoms with E-state index in [-0.39, 0.29) is 12.3 Å². The SMILES string of the molecule is CCS(=O)(=O)NCc1cc(OC)c(C)cc1OC. The smallest absolute Gasteiger partial charge is 0.211 e. The van der Waals surface area contributed by atoms with Gasteiger partial charge in [0.05, 0.1) is 20.0 Å². The van der Waals surface area contributed by atoms with Gasteiger partial charge in [-0.25, -0.2) is 13.1 Å². The number of rotatable bonds is 6. The van der Waals surface area contributed by atoms with Crippen molar-refractivity contribution in [3.05, 3.63) is 23.3 Å². The Labute approximate surface area is 108 Å². The van der Waals surface area contributed by atoms with E-state index in [1.54, 1.807) is 27.2 Å². The van der Waals surface area contributed by atoms with Gasteiger partial charge in [0.1, 0.15) is 11.5 Å². The maximum Gasteiger partial charge on any atom is 0.211 e. The maximum atomic E-state index is 11.4. The maximum absolute atomic E-state index is 11.4. The Morgan fingerprint density at radius 1 is 1.17 bits per heavy atom. The molecule has 0 atom stereocenters. The summed E-state index contributed by atoms with van der Waals surface area (Å²) in [5, 5.41) is 0. The summed E-state index contributed by atoms with van der Waals surface area (Å²) in [5.41, 5.74) is 1.69. The molecular formula is C12H19NO4S. The van der Waals surface area contributed by atoms with Crippen molar-refractivity contribution in [1.82, 2.24) is 4.72 Å². The van der Waals surface area contributed by atoms with E-state index in [1.807, 2.05) is 13.0 Å². The summed E-state index contributed by atoms with van der Waals surface area (Å²) in [4.78, 5) is 0. The molecular weight excluding hydrogens is 254 g/mol. The summed E-state index contributed by atoms with van der Waals surface area (Å²) in [7, 11) is -0.0859. The fourth-order valence-electron chi connectivity index (χ4n) is 1.54. The zero-order chi connectivity index (χ0) is 13.8. The Bertz CT molecular complexity index is 511. The van der Waals surface area contributed by atoms with Gasteiger partial charge in [0.2, 0.25) is 10.0 Å². The quantitative estimate of drug-likeness (QED) is 0.852. The lowest BCUT2D eigenvalue weighted by molar-refractivity contribution is 0.396. The average molecular weight is 273 g/mol. The third-order valence-electron chi connectivity index (χ3n) is 2.66. The molecule has 0 aliphatic heterocycles. The van der Waals surface area contributed by atoms with Gasteiger partial charge in [0.25, 0.3) is 0 Å². The highest BCUT2D eigenvalue weighted by Crippen LogP contribution is 2.28. The number of hydrogen-bond acceptors (Lipinski definition) is 4. The van der Waals surface area contributed by atoms with E-state index in [0.717, 1.165) is 11.1 Å². The molecule has 102 valence electrons. The molecule has 1 N–H and O–H groups in total. The lowest BCUT2D eigenvalue weighted by Crippen LogP contribution is -2.25. The van der Waals surface area contributed by atoms with Crippen molar-refractivity contribution < 1.29 is 17.9 Å². The molecule has 5 nitrogen and oxygen atoms in total. The second-order valence-electron chi connectivity index (χ2n) is 3.86. The monoisotopic (exact) mass is 273 g/mol. The van der Waals surface area contributed by atoms with Gasteiger partial charge in [-0.1, -0.05) is 0 Å². The van der Waals surface area contributed by atoms with Crippen LogP contribution >= 0.6 is 0 Å². The molecule has 0 aliphatic carbocycles. The minimum absolute atomic E-state index is 0.0539. The summed E-state index contributed by atoms with van der Waals surface area (Å²) in [6, 6.07) is 3.61. The van der Waals surface area contributed by atoms with Crippen molar-refractivity contribution in [2.24, 2.45) is 0 Å². The van der Waals surface area contributed by atoms with Gasteiger partial charge in [-0.05, 0) is 31.5 Å². The summed E-state index contributed by atoms with van der Waals surface area (Å²) >= 11 is 0. The molecule has 18 heavy (non-hydrogen) atoms. The van der Waals surface area contributed by atoms with E-state index in [1.165, 1.54) is 0 Å². The first-order valence-corrected chi connectivity index (χ1v) is 7.27. The summed E-state index contributed by atoms with van der Waals surface area (Å²) in [6.45, 7) is 3.69. The van der Waals surface area contributed by atoms with Crippen LogP contribution in [0.3, 0.4) is 0 Å². The number of benzene rings is 1. The van der Waals surface area contributed by atoms with E-state index in [9.17, 15) is 8.42 Å². The second kappa shape index (κ2) is 6.06. The lowest BCUT2D eigenvalue weighted by atomic mass is 10.1. The Morgan fingerprint density at radius 3 is 2.28 bits per heavy atom. The third kappa shape index (κ3) is 3.61. The fraction of sp³-hybridized carbons (Fsp3) is 0.500. The van der Waals surface area contributed by atoms with Crippen LogP contribution in [-0.4, -0.2) is 28.4 Å². The van der Waals surface area contributed by atoms with Gasteiger partial charge >= 0.3 is 0 Å². The number of nitrogens with one attached hydrogen (secondary N) is 1. The van der Waals surface area contributed by atoms with Gasteiger partial charge in [-0.15, -0.1) is 0 Å². The van der Waals surface area contributed by atoms with Crippen LogP contribution in [0.2, 0.25) is 0 Å². The standard InChI is InChI=1S/C12H19NO4S/c1-5-18(14,15)13-8-10-7-11(16-3)9(2)6-12(10)17-4/h6-7,13H,5,8H2,1-4H3. The zero-order valence-corrected chi connectivity index (χ0v) is 11.9. The molecule has 1 aromatic carbocycles. The van der Waals surface area contributed by atoms with Crippen molar-refractivity contribution in [3.63, 3.8) is 0 Å². The van der Waals surface area contributed by atoms with Crippen molar-refractivity contribution >= 4 is 10.0 Å². The molecule has 0 saturated heterocycles. The third-order valence-corrected chi connectivity index (χ3v) is 4.00. The molecule has 0 aromatic heterocycles. The number of aryl methyl sites for hydroxylation is 1. The van der Waals surface area contributed by atoms with Crippen LogP contribution in [0.4, 0.5) is 0 Å². The Morgan fingerprint density at radius 2 is 1.78 bits per heavy atom. The zero-order valence-electron chi connectivity index (χ0n) is 11.1. The highest BCUT2D eigenvalue weighted by atomic mass is 32.2. The van der Waals surface area contributed by atoms with Gasteiger partial charge < -0.3 is 9.47 Å². The van der Waals surface area contributed by atoms with Crippen LogP contribution in [0.1, 0.15) is 18.1 Å². The Hall–Kier alpha value is -1.27. The summed E-state index contributed by atoms with van der Waals surface area (Å²) < 4.78 is 35.8. The fourth-order valence-corrected chi connectivity index (χ4v) is 2.12. The van der Waals surface area contributed by atoms with Gasteiger partial charge in [0, 0.05) is 12.1 Å². The van der Waals surface area contributed by atoms with E-state index in [0.29, 0.717) is 11.5 Å². The van der Waals surface area contributed by atoms with E-state index in [4.69, 9.17) is 9.47 Å². The predicted molar refractivity (Wildman–Crippen MR) is 70.6 cm³/mol. The van der Waals surface area contributed by atoms with Crippen LogP contribution < -0.4 is 14.2 Å². The molecule has 0 amide bonds. The van der Waals surface area contributed by atoms with Crippen LogP contribution in [0, 0.1) is 6.92 Å². The second-order valence-corrected chi connectivity index (χ2v) is 5.95. The van der Waals surface area contributed by atoms with Gasteiger partial charge in [-0.2, -0.15) is 0 Å². The average Bonchev–Trinajstić information content (AvgIpc) is 2.36. The van der Waals surface area contributed by atoms with Crippen LogP contribution in [0.25, 0.3) is 0 Å². The minimum atomic E-state index is -3.22. The molecule has 1 aromatic rings. The normalized spacial score (nSPS) is 11.3. The highest BCUT2D eigenvalue weighted by molar-refractivity contribution is 7.89. The summed E-state index contributed by atoms with van der Waals surface area (Å²) in [5.74, 6) is 1.41. The molecule has 0 bridgehead atoms. The van der Waals surface area contributed by atoms with Gasteiger partial charge in [0.15, 0.2) is 0 Å². The van der Waals surface area contributed by atoms with Crippen LogP contribution in [-0.2, 0) is 16.6 Å². The van der Waals surface area contributed by atoms with Crippen LogP contribution in [0.15, 0.2) is 12.1 Å². The first-order chi connectivity index (χ1) is 8.43. The first-order valence-electron chi connectivity index (χ1n) is 5.62. The molecule has 0 unspecified atom stereocenters. The molecule has 0 aliphatic rings. The topological polar surface area (TPSA) is 64.6 Å². The number of hydrogen-bond donors (Lipinski definition) is 1. The highest BCUT2D eigenvalue weighted by Gasteiger charge is 2.12. The molecule has 6 heteroatoms. The van der Waals surface area contributed by atoms with E-state index in [2.05, 4.69) is 4.72 Å². The lowest BCUT2D eigenvalue weighted by Gasteiger charge is -2.13. The minimum Gasteiger partial charge on any atom is -0.496 e. The molecule has 0 saturated carbocycles. The van der Waals surface area contributed by atoms with E-state index < -0.39 is 10.0 Å². The van der Waals surface area contributed by atoms with Crippen molar-refractivity contribution in [2.45, 2.75) is 20.4 Å². The molecule has 0 heterocycles. The molecule has 0 spiro atoms. The first kappa shape index (κ1) is 14.8. The van der Waals surface area contributed by atoms with Crippen molar-refractivity contribution in [2.75, 3.05) is 20.0 Å². The molecule has 0 radical (unpaired) electrons. The Balaban J connectivity index is 3.00. The largest absolute Gasteiger partial charge is 0.496 e. The Kier molecular flexibility index (Phi) is 4.98. The van der Waals surface area contributed by atoms with E-state index >= 15 is 0 Å². The number of methoxy groups -OCH3 is 2. The number of ether oxygens (including phenoxy) is 2. The van der Waals surface area contributed by atoms with Gasteiger partial charge in [-0.3, -0.25) is 0 Å². The summed E-state index contributed by atoms with van der Waals surface area (Å²) in [6.07, 6.45) is 0. The van der Waals surface area contributed by atoms with Crippen molar-refractivity contribution in [1.29, 1.82) is 0 Å². The van der Waals surface area contributed by atoms with Crippen molar-refractivity contribution in [3.8, 4) is 11.5 Å². The number of sulfonamides is 1. The molecule has 1 rings (SSSR count).